The third-order valence-corrected chi connectivity index (χ3v) is 3.26. The quantitative estimate of drug-likeness (QED) is 0.758. The highest BCUT2D eigenvalue weighted by Gasteiger charge is 2.20. The maximum absolute atomic E-state index is 6.00. The molecule has 2 heterocycles. The summed E-state index contributed by atoms with van der Waals surface area (Å²) in [4.78, 5) is 6.56. The topological polar surface area (TPSA) is 42.1 Å². The molecule has 0 unspecified atom stereocenters. The van der Waals surface area contributed by atoms with Gasteiger partial charge in [0, 0.05) is 36.4 Å². The van der Waals surface area contributed by atoms with Gasteiger partial charge in [-0.1, -0.05) is 12.1 Å². The predicted octanol–water partition coefficient (Wildman–Crippen LogP) is 2.49. The van der Waals surface area contributed by atoms with E-state index in [1.165, 1.54) is 16.8 Å². The molecular weight excluding hydrogens is 210 g/mol. The van der Waals surface area contributed by atoms with Crippen molar-refractivity contribution in [2.45, 2.75) is 20.0 Å². The summed E-state index contributed by atoms with van der Waals surface area (Å²) in [6.45, 7) is 3.84. The van der Waals surface area contributed by atoms with Crippen LogP contribution in [0.2, 0.25) is 0 Å². The van der Waals surface area contributed by atoms with E-state index >= 15 is 0 Å². The van der Waals surface area contributed by atoms with Gasteiger partial charge in [0.25, 0.3) is 0 Å². The van der Waals surface area contributed by atoms with E-state index in [0.29, 0.717) is 0 Å². The van der Waals surface area contributed by atoms with Crippen molar-refractivity contribution in [2.75, 3.05) is 10.6 Å². The van der Waals surface area contributed by atoms with Crippen LogP contribution in [0.25, 0.3) is 0 Å². The van der Waals surface area contributed by atoms with Crippen molar-refractivity contribution in [1.82, 2.24) is 4.98 Å². The van der Waals surface area contributed by atoms with Gasteiger partial charge in [0.2, 0.25) is 0 Å². The summed E-state index contributed by atoms with van der Waals surface area (Å²) in [6, 6.07) is 10.3. The van der Waals surface area contributed by atoms with Crippen LogP contribution in [-0.4, -0.2) is 4.98 Å². The number of nitrogens with two attached hydrogens (primary N) is 1. The van der Waals surface area contributed by atoms with Crippen molar-refractivity contribution in [3.05, 3.63) is 53.3 Å². The highest BCUT2D eigenvalue weighted by molar-refractivity contribution is 5.59. The maximum Gasteiger partial charge on any atom is 0.0457 e. The van der Waals surface area contributed by atoms with E-state index in [1.54, 1.807) is 0 Å². The van der Waals surface area contributed by atoms with Crippen molar-refractivity contribution in [2.24, 2.45) is 0 Å². The van der Waals surface area contributed by atoms with Gasteiger partial charge >= 0.3 is 0 Å². The van der Waals surface area contributed by atoms with Gasteiger partial charge in [-0.05, 0) is 36.2 Å². The zero-order chi connectivity index (χ0) is 11.8. The van der Waals surface area contributed by atoms with E-state index in [9.17, 15) is 0 Å². The molecule has 3 nitrogen and oxygen atoms in total. The number of benzene rings is 1. The molecule has 3 heteroatoms. The molecule has 0 radical (unpaired) electrons. The molecule has 0 bridgehead atoms. The van der Waals surface area contributed by atoms with E-state index in [2.05, 4.69) is 28.1 Å². The number of nitrogens with zero attached hydrogens (tertiary/aromatic N) is 2. The molecule has 0 saturated heterocycles. The molecule has 0 spiro atoms. The average Bonchev–Trinajstić information content (AvgIpc) is 2.74. The number of hydrogen-bond acceptors (Lipinski definition) is 3. The molecule has 2 aromatic rings. The van der Waals surface area contributed by atoms with Crippen molar-refractivity contribution in [3.8, 4) is 0 Å². The van der Waals surface area contributed by atoms with Gasteiger partial charge in [0.1, 0.15) is 0 Å². The first-order chi connectivity index (χ1) is 8.24. The average molecular weight is 225 g/mol. The smallest absolute Gasteiger partial charge is 0.0457 e. The predicted molar refractivity (Wildman–Crippen MR) is 69.7 cm³/mol. The SMILES string of the molecule is Cc1cc(N2Cc3cccc(N)c3C2)ccn1. The van der Waals surface area contributed by atoms with Crippen LogP contribution < -0.4 is 10.6 Å². The lowest BCUT2D eigenvalue weighted by Crippen LogP contribution is -2.14. The lowest BCUT2D eigenvalue weighted by molar-refractivity contribution is 0.877. The third kappa shape index (κ3) is 1.73. The Morgan fingerprint density at radius 2 is 2.12 bits per heavy atom. The molecule has 0 fully saturated rings. The number of nitrogen functional groups attached to an aromatic ring is 1. The fourth-order valence-corrected chi connectivity index (χ4v) is 2.36. The summed E-state index contributed by atoms with van der Waals surface area (Å²) in [7, 11) is 0. The largest absolute Gasteiger partial charge is 0.398 e. The van der Waals surface area contributed by atoms with Gasteiger partial charge in [-0.3, -0.25) is 4.98 Å². The van der Waals surface area contributed by atoms with Crippen molar-refractivity contribution < 1.29 is 0 Å². The molecule has 0 saturated carbocycles. The third-order valence-electron chi connectivity index (χ3n) is 3.26. The van der Waals surface area contributed by atoms with E-state index in [4.69, 9.17) is 5.73 Å². The zero-order valence-electron chi connectivity index (χ0n) is 9.85. The Morgan fingerprint density at radius 3 is 2.88 bits per heavy atom. The lowest BCUT2D eigenvalue weighted by atomic mass is 10.1. The first-order valence-corrected chi connectivity index (χ1v) is 5.78. The second kappa shape index (κ2) is 3.77. The van der Waals surface area contributed by atoms with E-state index in [0.717, 1.165) is 24.5 Å². The van der Waals surface area contributed by atoms with Crippen LogP contribution in [0.1, 0.15) is 16.8 Å². The Kier molecular flexibility index (Phi) is 2.25. The van der Waals surface area contributed by atoms with Crippen LogP contribution >= 0.6 is 0 Å². The summed E-state index contributed by atoms with van der Waals surface area (Å²) in [5.74, 6) is 0. The normalized spacial score (nSPS) is 13.8. The minimum atomic E-state index is 0.894. The standard InChI is InChI=1S/C14H15N3/c1-10-7-12(5-6-16-10)17-8-11-3-2-4-14(15)13(11)9-17/h2-7H,8-9,15H2,1H3. The maximum atomic E-state index is 6.00. The van der Waals surface area contributed by atoms with Gasteiger partial charge in [0.15, 0.2) is 0 Å². The zero-order valence-corrected chi connectivity index (χ0v) is 9.85. The fraction of sp³-hybridized carbons (Fsp3) is 0.214. The van der Waals surface area contributed by atoms with Gasteiger partial charge < -0.3 is 10.6 Å². The molecule has 1 aromatic heterocycles. The lowest BCUT2D eigenvalue weighted by Gasteiger charge is -2.17. The number of anilines is 2. The number of rotatable bonds is 1. The van der Waals surface area contributed by atoms with E-state index in [1.807, 2.05) is 25.3 Å². The molecule has 0 amide bonds. The number of aryl methyl sites for hydroxylation is 1. The molecule has 2 N–H and O–H groups in total. The van der Waals surface area contributed by atoms with Gasteiger partial charge in [-0.15, -0.1) is 0 Å². The minimum absolute atomic E-state index is 0.894. The summed E-state index contributed by atoms with van der Waals surface area (Å²) in [6.07, 6.45) is 1.86. The van der Waals surface area contributed by atoms with Crippen LogP contribution in [0.15, 0.2) is 36.5 Å². The van der Waals surface area contributed by atoms with Crippen LogP contribution in [-0.2, 0) is 13.1 Å². The first kappa shape index (κ1) is 10.1. The molecule has 1 aliphatic heterocycles. The number of aromatic nitrogens is 1. The van der Waals surface area contributed by atoms with Crippen molar-refractivity contribution >= 4 is 11.4 Å². The molecule has 3 rings (SSSR count). The van der Waals surface area contributed by atoms with Crippen LogP contribution in [0.3, 0.4) is 0 Å². The molecule has 0 aliphatic carbocycles. The molecule has 17 heavy (non-hydrogen) atoms. The van der Waals surface area contributed by atoms with E-state index in [-0.39, 0.29) is 0 Å². The molecular formula is C14H15N3. The number of fused-ring (bicyclic) bond motifs is 1. The van der Waals surface area contributed by atoms with Gasteiger partial charge in [0.05, 0.1) is 0 Å². The second-order valence-corrected chi connectivity index (χ2v) is 4.50. The second-order valence-electron chi connectivity index (χ2n) is 4.50. The monoisotopic (exact) mass is 225 g/mol. The molecule has 1 aliphatic rings. The summed E-state index contributed by atoms with van der Waals surface area (Å²) in [5.41, 5.74) is 11.8. The Bertz CT molecular complexity index is 563. The highest BCUT2D eigenvalue weighted by atomic mass is 15.1. The Morgan fingerprint density at radius 1 is 1.24 bits per heavy atom. The Labute approximate surface area is 101 Å². The Balaban J connectivity index is 1.94. The van der Waals surface area contributed by atoms with Crippen LogP contribution in [0.5, 0.6) is 0 Å². The summed E-state index contributed by atoms with van der Waals surface area (Å²) in [5, 5.41) is 0. The number of pyridine rings is 1. The van der Waals surface area contributed by atoms with Crippen LogP contribution in [0.4, 0.5) is 11.4 Å². The molecule has 86 valence electrons. The highest BCUT2D eigenvalue weighted by Crippen LogP contribution is 2.31. The Hall–Kier alpha value is -2.03. The van der Waals surface area contributed by atoms with Gasteiger partial charge in [-0.25, -0.2) is 0 Å². The summed E-state index contributed by atoms with van der Waals surface area (Å²) < 4.78 is 0. The van der Waals surface area contributed by atoms with Crippen molar-refractivity contribution in [1.29, 1.82) is 0 Å². The summed E-state index contributed by atoms with van der Waals surface area (Å²) >= 11 is 0. The molecule has 1 aromatic carbocycles. The molecule has 0 atom stereocenters. The number of hydrogen-bond donors (Lipinski definition) is 1. The van der Waals surface area contributed by atoms with Gasteiger partial charge in [-0.2, -0.15) is 0 Å². The first-order valence-electron chi connectivity index (χ1n) is 5.78. The fourth-order valence-electron chi connectivity index (χ4n) is 2.36. The minimum Gasteiger partial charge on any atom is -0.398 e. The van der Waals surface area contributed by atoms with E-state index < -0.39 is 0 Å². The van der Waals surface area contributed by atoms with Crippen LogP contribution in [0, 0.1) is 6.92 Å². The van der Waals surface area contributed by atoms with Crippen molar-refractivity contribution in [3.63, 3.8) is 0 Å².